The molecule has 2 aromatic carbocycles. The summed E-state index contributed by atoms with van der Waals surface area (Å²) in [5, 5.41) is 0. The van der Waals surface area contributed by atoms with Gasteiger partial charge in [0.05, 0.1) is 5.56 Å². The molecule has 0 aliphatic rings. The van der Waals surface area contributed by atoms with E-state index in [4.69, 9.17) is 4.74 Å². The van der Waals surface area contributed by atoms with Crippen molar-refractivity contribution >= 4 is 28.4 Å². The highest BCUT2D eigenvalue weighted by atomic mass is 127. The predicted octanol–water partition coefficient (Wildman–Crippen LogP) is 4.07. The van der Waals surface area contributed by atoms with Crippen molar-refractivity contribution in [1.29, 1.82) is 0 Å². The van der Waals surface area contributed by atoms with E-state index in [0.717, 1.165) is 5.56 Å². The van der Waals surface area contributed by atoms with E-state index in [1.54, 1.807) is 13.0 Å². The minimum absolute atomic E-state index is 0.0215. The Kier molecular flexibility index (Phi) is 4.36. The molecule has 0 bridgehead atoms. The van der Waals surface area contributed by atoms with Crippen molar-refractivity contribution in [3.05, 3.63) is 63.2 Å². The largest absolute Gasteiger partial charge is 0.488 e. The fraction of sp³-hybridized carbons (Fsp3) is 0.133. The van der Waals surface area contributed by atoms with Gasteiger partial charge in [-0.3, -0.25) is 4.79 Å². The fourth-order valence-electron chi connectivity index (χ4n) is 1.63. The van der Waals surface area contributed by atoms with Crippen molar-refractivity contribution in [3.8, 4) is 5.75 Å². The number of hydrogen-bond acceptors (Lipinski definition) is 2. The average molecular weight is 352 g/mol. The summed E-state index contributed by atoms with van der Waals surface area (Å²) in [7, 11) is 0. The molecule has 0 spiro atoms. The molecule has 0 unspecified atom stereocenters. The second-order valence-corrected chi connectivity index (χ2v) is 5.21. The summed E-state index contributed by atoms with van der Waals surface area (Å²) in [6, 6.07) is 15.4. The lowest BCUT2D eigenvalue weighted by Gasteiger charge is -2.09. The summed E-state index contributed by atoms with van der Waals surface area (Å²) in [6.45, 7) is 2.02. The molecule has 18 heavy (non-hydrogen) atoms. The molecule has 2 nitrogen and oxygen atoms in total. The Balaban J connectivity index is 2.10. The van der Waals surface area contributed by atoms with Crippen LogP contribution in [0.1, 0.15) is 22.8 Å². The smallest absolute Gasteiger partial charge is 0.163 e. The Morgan fingerprint density at radius 3 is 2.44 bits per heavy atom. The molecule has 0 N–H and O–H groups in total. The van der Waals surface area contributed by atoms with E-state index in [9.17, 15) is 4.79 Å². The molecule has 0 heterocycles. The van der Waals surface area contributed by atoms with E-state index in [1.165, 1.54) is 3.57 Å². The first kappa shape index (κ1) is 13.1. The second-order valence-electron chi connectivity index (χ2n) is 3.97. The van der Waals surface area contributed by atoms with Gasteiger partial charge in [0.25, 0.3) is 0 Å². The summed E-state index contributed by atoms with van der Waals surface area (Å²) < 4.78 is 6.90. The molecule has 0 fully saturated rings. The highest BCUT2D eigenvalue weighted by molar-refractivity contribution is 14.1. The monoisotopic (exact) mass is 352 g/mol. The van der Waals surface area contributed by atoms with Crippen molar-refractivity contribution in [2.75, 3.05) is 0 Å². The van der Waals surface area contributed by atoms with Crippen LogP contribution in [0, 0.1) is 3.57 Å². The molecule has 0 saturated heterocycles. The number of para-hydroxylation sites is 1. The van der Waals surface area contributed by atoms with Crippen LogP contribution in [0.3, 0.4) is 0 Å². The highest BCUT2D eigenvalue weighted by Crippen LogP contribution is 2.20. The Morgan fingerprint density at radius 2 is 1.78 bits per heavy atom. The molecule has 0 radical (unpaired) electrons. The van der Waals surface area contributed by atoms with Crippen LogP contribution in [-0.2, 0) is 6.61 Å². The SMILES string of the molecule is CC(=O)c1ccccc1OCc1ccc(I)cc1. The molecule has 0 saturated carbocycles. The van der Waals surface area contributed by atoms with Crippen LogP contribution < -0.4 is 4.74 Å². The summed E-state index contributed by atoms with van der Waals surface area (Å²) in [4.78, 5) is 11.4. The number of Topliss-reactive ketones (excluding diaryl/α,β-unsaturated/α-hetero) is 1. The van der Waals surface area contributed by atoms with E-state index in [-0.39, 0.29) is 5.78 Å². The summed E-state index contributed by atoms with van der Waals surface area (Å²) >= 11 is 2.26. The zero-order chi connectivity index (χ0) is 13.0. The fourth-order valence-corrected chi connectivity index (χ4v) is 1.98. The van der Waals surface area contributed by atoms with Gasteiger partial charge in [0.2, 0.25) is 0 Å². The van der Waals surface area contributed by atoms with E-state index in [1.807, 2.05) is 42.5 Å². The lowest BCUT2D eigenvalue weighted by atomic mass is 10.1. The molecule has 3 heteroatoms. The summed E-state index contributed by atoms with van der Waals surface area (Å²) in [5.41, 5.74) is 1.72. The van der Waals surface area contributed by atoms with E-state index in [0.29, 0.717) is 17.9 Å². The van der Waals surface area contributed by atoms with Gasteiger partial charge in [-0.25, -0.2) is 0 Å². The van der Waals surface area contributed by atoms with Gasteiger partial charge < -0.3 is 4.74 Å². The molecule has 2 aromatic rings. The quantitative estimate of drug-likeness (QED) is 0.613. The Labute approximate surface area is 120 Å². The maximum Gasteiger partial charge on any atom is 0.163 e. The van der Waals surface area contributed by atoms with Gasteiger partial charge in [-0.1, -0.05) is 24.3 Å². The van der Waals surface area contributed by atoms with Crippen molar-refractivity contribution in [3.63, 3.8) is 0 Å². The first-order chi connectivity index (χ1) is 8.66. The molecule has 0 aliphatic heterocycles. The molecular weight excluding hydrogens is 339 g/mol. The second kappa shape index (κ2) is 6.00. The first-order valence-electron chi connectivity index (χ1n) is 5.64. The number of carbonyl (C=O) groups excluding carboxylic acids is 1. The third-order valence-corrected chi connectivity index (χ3v) is 3.29. The minimum atomic E-state index is 0.0215. The predicted molar refractivity (Wildman–Crippen MR) is 79.9 cm³/mol. The van der Waals surface area contributed by atoms with Gasteiger partial charge >= 0.3 is 0 Å². The number of halogens is 1. The maximum absolute atomic E-state index is 11.4. The van der Waals surface area contributed by atoms with Crippen molar-refractivity contribution < 1.29 is 9.53 Å². The number of carbonyl (C=O) groups is 1. The Bertz CT molecular complexity index is 547. The summed E-state index contributed by atoms with van der Waals surface area (Å²) in [5.74, 6) is 0.664. The first-order valence-corrected chi connectivity index (χ1v) is 6.72. The standard InChI is InChI=1S/C15H13IO2/c1-11(17)14-4-2-3-5-15(14)18-10-12-6-8-13(16)9-7-12/h2-9H,10H2,1H3. The van der Waals surface area contributed by atoms with Gasteiger partial charge in [-0.2, -0.15) is 0 Å². The normalized spacial score (nSPS) is 10.1. The van der Waals surface area contributed by atoms with Crippen LogP contribution >= 0.6 is 22.6 Å². The van der Waals surface area contributed by atoms with Crippen LogP contribution in [0.15, 0.2) is 48.5 Å². The van der Waals surface area contributed by atoms with Gasteiger partial charge in [-0.15, -0.1) is 0 Å². The van der Waals surface area contributed by atoms with Crippen LogP contribution in [0.25, 0.3) is 0 Å². The number of hydrogen-bond donors (Lipinski definition) is 0. The van der Waals surface area contributed by atoms with Crippen molar-refractivity contribution in [2.24, 2.45) is 0 Å². The van der Waals surface area contributed by atoms with Crippen LogP contribution in [0.5, 0.6) is 5.75 Å². The minimum Gasteiger partial charge on any atom is -0.488 e. The van der Waals surface area contributed by atoms with Crippen molar-refractivity contribution in [2.45, 2.75) is 13.5 Å². The zero-order valence-corrected chi connectivity index (χ0v) is 12.2. The molecule has 92 valence electrons. The zero-order valence-electron chi connectivity index (χ0n) is 10.0. The summed E-state index contributed by atoms with van der Waals surface area (Å²) in [6.07, 6.45) is 0. The Morgan fingerprint density at radius 1 is 1.11 bits per heavy atom. The molecule has 0 aromatic heterocycles. The molecule has 0 amide bonds. The number of ether oxygens (including phenoxy) is 1. The maximum atomic E-state index is 11.4. The third kappa shape index (κ3) is 3.32. The molecule has 0 aliphatic carbocycles. The average Bonchev–Trinajstić information content (AvgIpc) is 2.38. The van der Waals surface area contributed by atoms with Crippen molar-refractivity contribution in [1.82, 2.24) is 0 Å². The lowest BCUT2D eigenvalue weighted by Crippen LogP contribution is -2.01. The van der Waals surface area contributed by atoms with Crippen LogP contribution in [0.4, 0.5) is 0 Å². The highest BCUT2D eigenvalue weighted by Gasteiger charge is 2.07. The molecular formula is C15H13IO2. The molecule has 2 rings (SSSR count). The third-order valence-electron chi connectivity index (χ3n) is 2.57. The number of rotatable bonds is 4. The van der Waals surface area contributed by atoms with Gasteiger partial charge in [-0.05, 0) is 59.3 Å². The molecule has 0 atom stereocenters. The Hall–Kier alpha value is -1.36. The van der Waals surface area contributed by atoms with E-state index in [2.05, 4.69) is 22.6 Å². The number of benzene rings is 2. The van der Waals surface area contributed by atoms with Gasteiger partial charge in [0, 0.05) is 3.57 Å². The van der Waals surface area contributed by atoms with Crippen LogP contribution in [-0.4, -0.2) is 5.78 Å². The van der Waals surface area contributed by atoms with E-state index >= 15 is 0 Å². The topological polar surface area (TPSA) is 26.3 Å². The van der Waals surface area contributed by atoms with Gasteiger partial charge in [0.1, 0.15) is 12.4 Å². The van der Waals surface area contributed by atoms with Gasteiger partial charge in [0.15, 0.2) is 5.78 Å². The van der Waals surface area contributed by atoms with E-state index < -0.39 is 0 Å². The van der Waals surface area contributed by atoms with Crippen LogP contribution in [0.2, 0.25) is 0 Å². The number of ketones is 1. The lowest BCUT2D eigenvalue weighted by molar-refractivity contribution is 0.101.